The third-order valence-corrected chi connectivity index (χ3v) is 7.01. The SMILES string of the molecule is CCOC(=O)c1cc2c(=O)n3ccccc3nc2n(C2CCCCC2)c1=NC(=O)c1cc2ccccc2o1. The number of fused-ring (bicyclic) bond motifs is 3. The number of pyridine rings is 2. The van der Waals surface area contributed by atoms with E-state index in [1.165, 1.54) is 10.5 Å². The quantitative estimate of drug-likeness (QED) is 0.253. The van der Waals surface area contributed by atoms with Gasteiger partial charge in [-0.05, 0) is 50.1 Å². The predicted octanol–water partition coefficient (Wildman–Crippen LogP) is 4.82. The number of carbonyl (C=O) groups is 2. The topological polar surface area (TPSA) is 108 Å². The summed E-state index contributed by atoms with van der Waals surface area (Å²) < 4.78 is 14.4. The van der Waals surface area contributed by atoms with Crippen LogP contribution in [0.4, 0.5) is 0 Å². The van der Waals surface area contributed by atoms with E-state index in [-0.39, 0.29) is 40.4 Å². The van der Waals surface area contributed by atoms with Crippen LogP contribution in [0.3, 0.4) is 0 Å². The summed E-state index contributed by atoms with van der Waals surface area (Å²) >= 11 is 0. The normalized spacial score (nSPS) is 14.9. The first kappa shape index (κ1) is 23.8. The largest absolute Gasteiger partial charge is 0.462 e. The van der Waals surface area contributed by atoms with Crippen LogP contribution in [0.2, 0.25) is 0 Å². The van der Waals surface area contributed by atoms with Crippen molar-refractivity contribution in [2.24, 2.45) is 4.99 Å². The zero-order valence-electron chi connectivity index (χ0n) is 20.9. The molecule has 1 fully saturated rings. The highest BCUT2D eigenvalue weighted by Crippen LogP contribution is 2.29. The number of benzene rings is 1. The average Bonchev–Trinajstić information content (AvgIpc) is 3.38. The van der Waals surface area contributed by atoms with E-state index >= 15 is 0 Å². The first-order valence-corrected chi connectivity index (χ1v) is 12.9. The highest BCUT2D eigenvalue weighted by atomic mass is 16.5. The Morgan fingerprint density at radius 3 is 2.66 bits per heavy atom. The number of furan rings is 1. The molecule has 0 bridgehead atoms. The second-order valence-electron chi connectivity index (χ2n) is 9.41. The molecule has 38 heavy (non-hydrogen) atoms. The van der Waals surface area contributed by atoms with Gasteiger partial charge >= 0.3 is 11.9 Å². The Morgan fingerprint density at radius 2 is 1.87 bits per heavy atom. The van der Waals surface area contributed by atoms with Crippen molar-refractivity contribution in [1.29, 1.82) is 0 Å². The number of amides is 1. The lowest BCUT2D eigenvalue weighted by Crippen LogP contribution is -2.35. The number of hydrogen-bond acceptors (Lipinski definition) is 6. The summed E-state index contributed by atoms with van der Waals surface area (Å²) in [5.41, 5.74) is 1.28. The molecule has 1 amide bonds. The van der Waals surface area contributed by atoms with Crippen LogP contribution in [-0.2, 0) is 4.74 Å². The predicted molar refractivity (Wildman–Crippen MR) is 141 cm³/mol. The fourth-order valence-electron chi connectivity index (χ4n) is 5.24. The van der Waals surface area contributed by atoms with Gasteiger partial charge in [-0.25, -0.2) is 9.78 Å². The van der Waals surface area contributed by atoms with Gasteiger partial charge in [-0.3, -0.25) is 14.0 Å². The lowest BCUT2D eigenvalue weighted by Gasteiger charge is -2.26. The number of para-hydroxylation sites is 1. The molecule has 1 aliphatic rings. The summed E-state index contributed by atoms with van der Waals surface area (Å²) in [4.78, 5) is 49.5. The molecular formula is C29H26N4O5. The molecule has 0 unspecified atom stereocenters. The molecule has 0 radical (unpaired) electrons. The fourth-order valence-corrected chi connectivity index (χ4v) is 5.24. The Hall–Kier alpha value is -4.53. The van der Waals surface area contributed by atoms with Gasteiger partial charge in [-0.15, -0.1) is 0 Å². The molecule has 1 aliphatic carbocycles. The van der Waals surface area contributed by atoms with Gasteiger partial charge in [0.25, 0.3) is 5.56 Å². The van der Waals surface area contributed by atoms with Crippen molar-refractivity contribution in [3.05, 3.63) is 88.0 Å². The van der Waals surface area contributed by atoms with Crippen LogP contribution in [0.25, 0.3) is 27.6 Å². The number of hydrogen-bond donors (Lipinski definition) is 0. The molecule has 0 atom stereocenters. The molecule has 4 heterocycles. The number of esters is 1. The Bertz CT molecular complexity index is 1810. The van der Waals surface area contributed by atoms with Crippen LogP contribution in [-0.4, -0.2) is 32.4 Å². The van der Waals surface area contributed by atoms with E-state index in [2.05, 4.69) is 4.99 Å². The smallest absolute Gasteiger partial charge is 0.341 e. The van der Waals surface area contributed by atoms with Crippen LogP contribution >= 0.6 is 0 Å². The molecule has 0 aliphatic heterocycles. The summed E-state index contributed by atoms with van der Waals surface area (Å²) in [6, 6.07) is 15.6. The zero-order chi connectivity index (χ0) is 26.2. The molecule has 192 valence electrons. The van der Waals surface area contributed by atoms with Crippen LogP contribution in [0.1, 0.15) is 66.0 Å². The third-order valence-electron chi connectivity index (χ3n) is 7.01. The molecule has 5 aromatic rings. The second kappa shape index (κ2) is 9.74. The minimum absolute atomic E-state index is 0.0455. The van der Waals surface area contributed by atoms with E-state index in [1.807, 2.05) is 24.3 Å². The van der Waals surface area contributed by atoms with Gasteiger partial charge in [0.15, 0.2) is 11.2 Å². The van der Waals surface area contributed by atoms with Crippen molar-refractivity contribution in [3.63, 3.8) is 0 Å². The van der Waals surface area contributed by atoms with E-state index in [0.29, 0.717) is 16.9 Å². The molecule has 4 aromatic heterocycles. The minimum atomic E-state index is -0.660. The average molecular weight is 511 g/mol. The van der Waals surface area contributed by atoms with Crippen LogP contribution in [0.15, 0.2) is 75.0 Å². The maximum atomic E-state index is 13.6. The Labute approximate surface area is 217 Å². The van der Waals surface area contributed by atoms with Gasteiger partial charge in [-0.1, -0.05) is 43.5 Å². The van der Waals surface area contributed by atoms with E-state index in [1.54, 1.807) is 42.0 Å². The molecule has 9 nitrogen and oxygen atoms in total. The third kappa shape index (κ3) is 4.09. The minimum Gasteiger partial charge on any atom is -0.462 e. The van der Waals surface area contributed by atoms with Crippen LogP contribution in [0.5, 0.6) is 0 Å². The molecule has 9 heteroatoms. The van der Waals surface area contributed by atoms with Gasteiger partial charge in [0, 0.05) is 17.6 Å². The van der Waals surface area contributed by atoms with E-state index in [9.17, 15) is 14.4 Å². The summed E-state index contributed by atoms with van der Waals surface area (Å²) in [5.74, 6) is -1.23. The maximum Gasteiger partial charge on any atom is 0.341 e. The van der Waals surface area contributed by atoms with Gasteiger partial charge in [0.2, 0.25) is 0 Å². The molecule has 1 saturated carbocycles. The highest BCUT2D eigenvalue weighted by molar-refractivity contribution is 5.98. The van der Waals surface area contributed by atoms with Crippen molar-refractivity contribution in [2.75, 3.05) is 6.61 Å². The number of rotatable bonds is 4. The molecule has 0 saturated heterocycles. The summed E-state index contributed by atoms with van der Waals surface area (Å²) in [6.45, 7) is 1.83. The van der Waals surface area contributed by atoms with Gasteiger partial charge in [0.1, 0.15) is 22.4 Å². The number of carbonyl (C=O) groups excluding carboxylic acids is 2. The standard InChI is InChI=1S/C29H26N4O5/c1-2-37-29(36)21-17-20-25(30-24-14-8-9-15-32(24)28(20)35)33(19-11-4-3-5-12-19)26(21)31-27(34)23-16-18-10-6-7-13-22(18)38-23/h6-10,13-17,19H,2-5,11-12H2,1H3. The molecule has 1 aromatic carbocycles. The monoisotopic (exact) mass is 510 g/mol. The van der Waals surface area contributed by atoms with Gasteiger partial charge in [0.05, 0.1) is 12.0 Å². The summed E-state index contributed by atoms with van der Waals surface area (Å²) in [7, 11) is 0. The van der Waals surface area contributed by atoms with E-state index < -0.39 is 11.9 Å². The number of ether oxygens (including phenoxy) is 1. The number of nitrogens with zero attached hydrogens (tertiary/aromatic N) is 4. The summed E-state index contributed by atoms with van der Waals surface area (Å²) in [6.07, 6.45) is 6.31. The van der Waals surface area contributed by atoms with Gasteiger partial charge in [-0.2, -0.15) is 4.99 Å². The van der Waals surface area contributed by atoms with Crippen molar-refractivity contribution in [1.82, 2.24) is 14.0 Å². The first-order valence-electron chi connectivity index (χ1n) is 12.9. The molecule has 0 N–H and O–H groups in total. The first-order chi connectivity index (χ1) is 18.5. The lowest BCUT2D eigenvalue weighted by molar-refractivity contribution is 0.0523. The van der Waals surface area contributed by atoms with Crippen molar-refractivity contribution < 1.29 is 18.7 Å². The zero-order valence-corrected chi connectivity index (χ0v) is 20.9. The maximum absolute atomic E-state index is 13.6. The Kier molecular flexibility index (Phi) is 6.11. The van der Waals surface area contributed by atoms with Gasteiger partial charge < -0.3 is 13.7 Å². The molecular weight excluding hydrogens is 484 g/mol. The van der Waals surface area contributed by atoms with Crippen molar-refractivity contribution in [3.8, 4) is 0 Å². The second-order valence-corrected chi connectivity index (χ2v) is 9.41. The van der Waals surface area contributed by atoms with Crippen molar-refractivity contribution in [2.45, 2.75) is 45.1 Å². The highest BCUT2D eigenvalue weighted by Gasteiger charge is 2.26. The van der Waals surface area contributed by atoms with Crippen LogP contribution in [0, 0.1) is 0 Å². The van der Waals surface area contributed by atoms with Crippen LogP contribution < -0.4 is 11.0 Å². The van der Waals surface area contributed by atoms with Crippen molar-refractivity contribution >= 4 is 39.5 Å². The number of aromatic nitrogens is 3. The lowest BCUT2D eigenvalue weighted by atomic mass is 9.94. The Balaban J connectivity index is 1.69. The summed E-state index contributed by atoms with van der Waals surface area (Å²) in [5, 5.41) is 1.04. The molecule has 6 rings (SSSR count). The van der Waals surface area contributed by atoms with E-state index in [0.717, 1.165) is 37.5 Å². The van der Waals surface area contributed by atoms with E-state index in [4.69, 9.17) is 14.1 Å². The molecule has 0 spiro atoms. The fraction of sp³-hybridized carbons (Fsp3) is 0.276. The Morgan fingerprint density at radius 1 is 1.08 bits per heavy atom.